The van der Waals surface area contributed by atoms with Gasteiger partial charge in [0, 0.05) is 48.8 Å². The van der Waals surface area contributed by atoms with Gasteiger partial charge in [0.15, 0.2) is 0 Å². The normalized spacial score (nSPS) is 22.0. The predicted molar refractivity (Wildman–Crippen MR) is 127 cm³/mol. The number of piperazine rings is 1. The summed E-state index contributed by atoms with van der Waals surface area (Å²) in [7, 11) is -3.76. The van der Waals surface area contributed by atoms with Crippen molar-refractivity contribution in [3.63, 3.8) is 0 Å². The van der Waals surface area contributed by atoms with Gasteiger partial charge < -0.3 is 9.80 Å². The summed E-state index contributed by atoms with van der Waals surface area (Å²) in [4.78, 5) is 16.4. The Balaban J connectivity index is 1.67. The third-order valence-corrected chi connectivity index (χ3v) is 8.53. The summed E-state index contributed by atoms with van der Waals surface area (Å²) in [6.45, 7) is 8.97. The summed E-state index contributed by atoms with van der Waals surface area (Å²) >= 11 is 3.47. The lowest BCUT2D eigenvalue weighted by Crippen LogP contribution is -2.53. The molecule has 6 nitrogen and oxygen atoms in total. The first-order chi connectivity index (χ1) is 14.6. The van der Waals surface area contributed by atoms with E-state index in [1.165, 1.54) is 12.5 Å². The molecule has 0 N–H and O–H groups in total. The molecule has 8 heteroatoms. The zero-order valence-corrected chi connectivity index (χ0v) is 20.7. The SMILES string of the molecule is CC(=O)N1c2c(cc(Br)cc2S(=O)(=O)N2CCN(c3cccc(C)c3)[C@@H](C)C2)C[C@H]1C. The summed E-state index contributed by atoms with van der Waals surface area (Å²) < 4.78 is 29.8. The van der Waals surface area contributed by atoms with E-state index in [9.17, 15) is 13.2 Å². The third kappa shape index (κ3) is 4.01. The van der Waals surface area contributed by atoms with Crippen LogP contribution < -0.4 is 9.80 Å². The molecule has 1 saturated heterocycles. The van der Waals surface area contributed by atoms with E-state index in [0.717, 1.165) is 11.3 Å². The van der Waals surface area contributed by atoms with E-state index in [2.05, 4.69) is 52.9 Å². The van der Waals surface area contributed by atoms with Gasteiger partial charge in [-0.15, -0.1) is 0 Å². The Morgan fingerprint density at radius 2 is 1.84 bits per heavy atom. The molecule has 31 heavy (non-hydrogen) atoms. The standard InChI is InChI=1S/C23H28BrN3O3S/c1-15-6-5-7-21(10-15)26-9-8-25(14-17(26)3)31(29,30)22-13-20(24)12-19-11-16(2)27(18(4)28)23(19)22/h5-7,10,12-13,16-17H,8-9,11,14H2,1-4H3/t16-,17+/m1/s1. The first-order valence-electron chi connectivity index (χ1n) is 10.5. The number of hydrogen-bond donors (Lipinski definition) is 0. The van der Waals surface area contributed by atoms with E-state index < -0.39 is 10.0 Å². The summed E-state index contributed by atoms with van der Waals surface area (Å²) in [5.74, 6) is -0.136. The van der Waals surface area contributed by atoms with Crippen LogP contribution >= 0.6 is 15.9 Å². The number of nitrogens with zero attached hydrogens (tertiary/aromatic N) is 3. The van der Waals surface area contributed by atoms with Crippen LogP contribution in [0.4, 0.5) is 11.4 Å². The highest BCUT2D eigenvalue weighted by molar-refractivity contribution is 9.10. The first kappa shape index (κ1) is 22.3. The maximum Gasteiger partial charge on any atom is 0.245 e. The minimum atomic E-state index is -3.76. The van der Waals surface area contributed by atoms with Gasteiger partial charge in [-0.2, -0.15) is 4.31 Å². The summed E-state index contributed by atoms with van der Waals surface area (Å²) in [6.07, 6.45) is 0.647. The first-order valence-corrected chi connectivity index (χ1v) is 12.8. The predicted octanol–water partition coefficient (Wildman–Crippen LogP) is 3.95. The van der Waals surface area contributed by atoms with Gasteiger partial charge in [-0.05, 0) is 62.6 Å². The number of fused-ring (bicyclic) bond motifs is 1. The van der Waals surface area contributed by atoms with Gasteiger partial charge in [-0.1, -0.05) is 28.1 Å². The molecule has 0 aliphatic carbocycles. The molecule has 0 bridgehead atoms. The maximum absolute atomic E-state index is 13.8. The number of benzene rings is 2. The van der Waals surface area contributed by atoms with E-state index in [4.69, 9.17) is 0 Å². The molecular formula is C23H28BrN3O3S. The second kappa shape index (κ2) is 8.22. The van der Waals surface area contributed by atoms with Gasteiger partial charge in [-0.25, -0.2) is 8.42 Å². The van der Waals surface area contributed by atoms with Crippen LogP contribution in [0.1, 0.15) is 31.9 Å². The number of hydrogen-bond acceptors (Lipinski definition) is 4. The second-order valence-electron chi connectivity index (χ2n) is 8.60. The van der Waals surface area contributed by atoms with E-state index in [-0.39, 0.29) is 22.9 Å². The van der Waals surface area contributed by atoms with Gasteiger partial charge in [0.05, 0.1) is 5.69 Å². The van der Waals surface area contributed by atoms with Crippen LogP contribution in [0.25, 0.3) is 0 Å². The highest BCUT2D eigenvalue weighted by Crippen LogP contribution is 2.41. The van der Waals surface area contributed by atoms with Crippen LogP contribution in [0.5, 0.6) is 0 Å². The molecule has 2 atom stereocenters. The molecule has 0 saturated carbocycles. The van der Waals surface area contributed by atoms with E-state index in [0.29, 0.717) is 36.2 Å². The maximum atomic E-state index is 13.8. The zero-order valence-electron chi connectivity index (χ0n) is 18.3. The van der Waals surface area contributed by atoms with Crippen molar-refractivity contribution in [2.75, 3.05) is 29.4 Å². The summed E-state index contributed by atoms with van der Waals surface area (Å²) in [6, 6.07) is 11.8. The Morgan fingerprint density at radius 1 is 1.10 bits per heavy atom. The number of rotatable bonds is 3. The molecular weight excluding hydrogens is 478 g/mol. The minimum absolute atomic E-state index is 0.0355. The largest absolute Gasteiger partial charge is 0.366 e. The molecule has 0 unspecified atom stereocenters. The van der Waals surface area contributed by atoms with E-state index in [1.807, 2.05) is 19.1 Å². The van der Waals surface area contributed by atoms with Gasteiger partial charge in [0.2, 0.25) is 15.9 Å². The number of carbonyl (C=O) groups is 1. The highest BCUT2D eigenvalue weighted by atomic mass is 79.9. The summed E-state index contributed by atoms with van der Waals surface area (Å²) in [5, 5.41) is 0. The zero-order chi connectivity index (χ0) is 22.5. The van der Waals surface area contributed by atoms with Crippen molar-refractivity contribution in [3.05, 3.63) is 52.0 Å². The number of anilines is 2. The molecule has 0 radical (unpaired) electrons. The molecule has 2 aliphatic rings. The number of sulfonamides is 1. The monoisotopic (exact) mass is 505 g/mol. The molecule has 2 aliphatic heterocycles. The minimum Gasteiger partial charge on any atom is -0.366 e. The average molecular weight is 506 g/mol. The van der Waals surface area contributed by atoms with Crippen LogP contribution in [0.2, 0.25) is 0 Å². The smallest absolute Gasteiger partial charge is 0.245 e. The number of carbonyl (C=O) groups excluding carboxylic acids is 1. The van der Waals surface area contributed by atoms with E-state index >= 15 is 0 Å². The Morgan fingerprint density at radius 3 is 2.48 bits per heavy atom. The topological polar surface area (TPSA) is 60.9 Å². The molecule has 2 aromatic carbocycles. The highest BCUT2D eigenvalue weighted by Gasteiger charge is 2.39. The van der Waals surface area contributed by atoms with Crippen LogP contribution in [-0.2, 0) is 21.2 Å². The van der Waals surface area contributed by atoms with Crippen molar-refractivity contribution in [2.24, 2.45) is 0 Å². The molecule has 166 valence electrons. The van der Waals surface area contributed by atoms with E-state index in [1.54, 1.807) is 15.3 Å². The van der Waals surface area contributed by atoms with Gasteiger partial charge in [0.1, 0.15) is 4.90 Å². The van der Waals surface area contributed by atoms with Crippen LogP contribution in [0.3, 0.4) is 0 Å². The van der Waals surface area contributed by atoms with Crippen LogP contribution in [0, 0.1) is 6.92 Å². The molecule has 0 aromatic heterocycles. The van der Waals surface area contributed by atoms with Crippen LogP contribution in [-0.4, -0.2) is 50.3 Å². The van der Waals surface area contributed by atoms with Crippen molar-refractivity contribution in [1.29, 1.82) is 0 Å². The van der Waals surface area contributed by atoms with Crippen molar-refractivity contribution in [2.45, 2.75) is 51.1 Å². The van der Waals surface area contributed by atoms with Crippen molar-refractivity contribution in [3.8, 4) is 0 Å². The number of amides is 1. The fourth-order valence-electron chi connectivity index (χ4n) is 4.82. The lowest BCUT2D eigenvalue weighted by Gasteiger charge is -2.41. The van der Waals surface area contributed by atoms with Gasteiger partial charge in [0.25, 0.3) is 0 Å². The third-order valence-electron chi connectivity index (χ3n) is 6.20. The van der Waals surface area contributed by atoms with Crippen molar-refractivity contribution >= 4 is 43.2 Å². The average Bonchev–Trinajstić information content (AvgIpc) is 3.02. The fourth-order valence-corrected chi connectivity index (χ4v) is 7.24. The van der Waals surface area contributed by atoms with Crippen molar-refractivity contribution in [1.82, 2.24) is 4.31 Å². The molecule has 4 rings (SSSR count). The van der Waals surface area contributed by atoms with Gasteiger partial charge in [-0.3, -0.25) is 4.79 Å². The Hall–Kier alpha value is -1.90. The second-order valence-corrected chi connectivity index (χ2v) is 11.4. The van der Waals surface area contributed by atoms with Crippen molar-refractivity contribution < 1.29 is 13.2 Å². The molecule has 2 aromatic rings. The molecule has 1 amide bonds. The van der Waals surface area contributed by atoms with Gasteiger partial charge >= 0.3 is 0 Å². The Bertz CT molecular complexity index is 1130. The lowest BCUT2D eigenvalue weighted by atomic mass is 10.1. The van der Waals surface area contributed by atoms with Crippen LogP contribution in [0.15, 0.2) is 45.8 Å². The Labute approximate surface area is 193 Å². The Kier molecular flexibility index (Phi) is 5.91. The number of aryl methyl sites for hydroxylation is 1. The fraction of sp³-hybridized carbons (Fsp3) is 0.435. The quantitative estimate of drug-likeness (QED) is 0.633. The number of halogens is 1. The molecule has 2 heterocycles. The lowest BCUT2D eigenvalue weighted by molar-refractivity contribution is -0.116. The summed E-state index contributed by atoms with van der Waals surface area (Å²) in [5.41, 5.74) is 3.73. The molecule has 1 fully saturated rings. The molecule has 0 spiro atoms.